The van der Waals surface area contributed by atoms with E-state index in [0.29, 0.717) is 18.8 Å². The van der Waals surface area contributed by atoms with Gasteiger partial charge in [-0.15, -0.1) is 0 Å². The lowest BCUT2D eigenvalue weighted by atomic mass is 10.0. The molecule has 0 bridgehead atoms. The quantitative estimate of drug-likeness (QED) is 0.933. The van der Waals surface area contributed by atoms with E-state index in [9.17, 15) is 4.39 Å². The molecule has 2 aromatic rings. The van der Waals surface area contributed by atoms with Crippen molar-refractivity contribution in [1.29, 1.82) is 0 Å². The third kappa shape index (κ3) is 2.80. The van der Waals surface area contributed by atoms with Crippen molar-refractivity contribution in [2.24, 2.45) is 0 Å². The second-order valence-electron chi connectivity index (χ2n) is 5.25. The molecule has 1 aliphatic heterocycles. The third-order valence-corrected chi connectivity index (χ3v) is 3.72. The van der Waals surface area contributed by atoms with E-state index < -0.39 is 6.17 Å². The summed E-state index contributed by atoms with van der Waals surface area (Å²) in [5, 5.41) is 0. The Morgan fingerprint density at radius 2 is 2.05 bits per heavy atom. The molecule has 0 amide bonds. The lowest BCUT2D eigenvalue weighted by molar-refractivity contribution is 0.282. The number of rotatable bonds is 3. The number of nitrogen functional groups attached to an aromatic ring is 1. The summed E-state index contributed by atoms with van der Waals surface area (Å²) < 4.78 is 13.1. The second kappa shape index (κ2) is 5.59. The Kier molecular flexibility index (Phi) is 3.65. The molecule has 0 radical (unpaired) electrons. The predicted octanol–water partition coefficient (Wildman–Crippen LogP) is 2.87. The molecule has 1 aromatic heterocycles. The molecule has 1 unspecified atom stereocenters. The zero-order valence-electron chi connectivity index (χ0n) is 11.3. The average Bonchev–Trinajstić information content (AvgIpc) is 2.86. The van der Waals surface area contributed by atoms with Crippen LogP contribution in [0.5, 0.6) is 0 Å². The largest absolute Gasteiger partial charge is 0.383 e. The van der Waals surface area contributed by atoms with Crippen molar-refractivity contribution in [1.82, 2.24) is 9.88 Å². The third-order valence-electron chi connectivity index (χ3n) is 3.72. The summed E-state index contributed by atoms with van der Waals surface area (Å²) in [6.07, 6.45) is 1.68. The average molecular weight is 271 g/mol. The molecule has 3 nitrogen and oxygen atoms in total. The van der Waals surface area contributed by atoms with Crippen molar-refractivity contribution >= 4 is 5.82 Å². The maximum Gasteiger partial charge on any atom is 0.131 e. The number of hydrogen-bond acceptors (Lipinski definition) is 3. The van der Waals surface area contributed by atoms with Crippen LogP contribution < -0.4 is 5.73 Å². The Hall–Kier alpha value is -1.94. The predicted molar refractivity (Wildman–Crippen MR) is 78.9 cm³/mol. The standard InChI is InChI=1S/C16H18FN3/c17-14-7-9-20(11-14)10-12-3-5-13(6-4-12)15-2-1-8-19-16(15)18/h1-6,8,14H,7,9-11H2,(H2,18,19). The summed E-state index contributed by atoms with van der Waals surface area (Å²) in [5.74, 6) is 0.542. The highest BCUT2D eigenvalue weighted by molar-refractivity contribution is 5.73. The molecule has 3 rings (SSSR count). The molecule has 0 aliphatic carbocycles. The van der Waals surface area contributed by atoms with Crippen LogP contribution in [0.25, 0.3) is 11.1 Å². The van der Waals surface area contributed by atoms with Crippen LogP contribution in [0.4, 0.5) is 10.2 Å². The number of nitrogens with two attached hydrogens (primary N) is 1. The fourth-order valence-corrected chi connectivity index (χ4v) is 2.64. The van der Waals surface area contributed by atoms with Gasteiger partial charge in [-0.1, -0.05) is 24.3 Å². The topological polar surface area (TPSA) is 42.1 Å². The van der Waals surface area contributed by atoms with Crippen molar-refractivity contribution in [3.8, 4) is 11.1 Å². The molecule has 4 heteroatoms. The monoisotopic (exact) mass is 271 g/mol. The lowest BCUT2D eigenvalue weighted by Crippen LogP contribution is -2.20. The van der Waals surface area contributed by atoms with Crippen molar-refractivity contribution in [2.45, 2.75) is 19.1 Å². The van der Waals surface area contributed by atoms with Crippen molar-refractivity contribution in [2.75, 3.05) is 18.8 Å². The van der Waals surface area contributed by atoms with E-state index in [1.54, 1.807) is 6.20 Å². The molecule has 1 aliphatic rings. The lowest BCUT2D eigenvalue weighted by Gasteiger charge is -2.15. The first-order chi connectivity index (χ1) is 9.72. The van der Waals surface area contributed by atoms with Crippen LogP contribution in [-0.4, -0.2) is 29.1 Å². The minimum Gasteiger partial charge on any atom is -0.383 e. The number of aromatic nitrogens is 1. The SMILES string of the molecule is Nc1ncccc1-c1ccc(CN2CCC(F)C2)cc1. The molecule has 1 atom stereocenters. The summed E-state index contributed by atoms with van der Waals surface area (Å²) in [6.45, 7) is 2.21. The van der Waals surface area contributed by atoms with Crippen LogP contribution in [0, 0.1) is 0 Å². The molecule has 2 heterocycles. The minimum atomic E-state index is -0.663. The number of anilines is 1. The van der Waals surface area contributed by atoms with E-state index in [1.165, 1.54) is 5.56 Å². The fraction of sp³-hybridized carbons (Fsp3) is 0.312. The van der Waals surface area contributed by atoms with E-state index in [2.05, 4.69) is 22.0 Å². The van der Waals surface area contributed by atoms with Gasteiger partial charge in [-0.3, -0.25) is 4.90 Å². The number of halogens is 1. The maximum absolute atomic E-state index is 13.1. The summed E-state index contributed by atoms with van der Waals surface area (Å²) in [5.41, 5.74) is 9.08. The number of alkyl halides is 1. The number of pyridine rings is 1. The van der Waals surface area contributed by atoms with Crippen molar-refractivity contribution in [3.63, 3.8) is 0 Å². The highest BCUT2D eigenvalue weighted by atomic mass is 19.1. The van der Waals surface area contributed by atoms with Crippen molar-refractivity contribution in [3.05, 3.63) is 48.2 Å². The van der Waals surface area contributed by atoms with Crippen LogP contribution in [-0.2, 0) is 6.54 Å². The Morgan fingerprint density at radius 1 is 1.25 bits per heavy atom. The molecule has 20 heavy (non-hydrogen) atoms. The minimum absolute atomic E-state index is 0.542. The maximum atomic E-state index is 13.1. The normalized spacial score (nSPS) is 19.4. The van der Waals surface area contributed by atoms with Crippen LogP contribution in [0.15, 0.2) is 42.6 Å². The molecule has 1 saturated heterocycles. The van der Waals surface area contributed by atoms with E-state index in [-0.39, 0.29) is 0 Å². The van der Waals surface area contributed by atoms with Crippen LogP contribution in [0.3, 0.4) is 0 Å². The van der Waals surface area contributed by atoms with Gasteiger partial charge in [-0.2, -0.15) is 0 Å². The van der Waals surface area contributed by atoms with Gasteiger partial charge in [0, 0.05) is 31.4 Å². The highest BCUT2D eigenvalue weighted by Crippen LogP contribution is 2.24. The van der Waals surface area contributed by atoms with Crippen LogP contribution >= 0.6 is 0 Å². The van der Waals surface area contributed by atoms with Gasteiger partial charge in [0.05, 0.1) is 0 Å². The molecule has 0 saturated carbocycles. The van der Waals surface area contributed by atoms with Gasteiger partial charge in [-0.05, 0) is 29.7 Å². The number of likely N-dealkylation sites (tertiary alicyclic amines) is 1. The number of benzene rings is 1. The first-order valence-electron chi connectivity index (χ1n) is 6.88. The Balaban J connectivity index is 1.73. The van der Waals surface area contributed by atoms with Gasteiger partial charge in [0.1, 0.15) is 12.0 Å². The Bertz CT molecular complexity index is 583. The van der Waals surface area contributed by atoms with E-state index >= 15 is 0 Å². The van der Waals surface area contributed by atoms with Crippen LogP contribution in [0.1, 0.15) is 12.0 Å². The first-order valence-corrected chi connectivity index (χ1v) is 6.88. The summed E-state index contributed by atoms with van der Waals surface area (Å²) in [7, 11) is 0. The van der Waals surface area contributed by atoms with Gasteiger partial charge >= 0.3 is 0 Å². The van der Waals surface area contributed by atoms with Crippen LogP contribution in [0.2, 0.25) is 0 Å². The molecular formula is C16H18FN3. The van der Waals surface area contributed by atoms with Gasteiger partial charge in [0.15, 0.2) is 0 Å². The molecular weight excluding hydrogens is 253 g/mol. The zero-order valence-corrected chi connectivity index (χ0v) is 11.3. The van der Waals surface area contributed by atoms with E-state index in [4.69, 9.17) is 5.73 Å². The summed E-state index contributed by atoms with van der Waals surface area (Å²) in [6, 6.07) is 12.1. The molecule has 0 spiro atoms. The molecule has 1 aromatic carbocycles. The molecule has 104 valence electrons. The second-order valence-corrected chi connectivity index (χ2v) is 5.25. The summed E-state index contributed by atoms with van der Waals surface area (Å²) in [4.78, 5) is 6.25. The first kappa shape index (κ1) is 13.1. The Morgan fingerprint density at radius 3 is 2.70 bits per heavy atom. The molecule has 1 fully saturated rings. The van der Waals surface area contributed by atoms with E-state index in [1.807, 2.05) is 24.3 Å². The van der Waals surface area contributed by atoms with Gasteiger partial charge in [0.25, 0.3) is 0 Å². The number of hydrogen-bond donors (Lipinski definition) is 1. The Labute approximate surface area is 118 Å². The molecule has 2 N–H and O–H groups in total. The summed E-state index contributed by atoms with van der Waals surface area (Å²) >= 11 is 0. The van der Waals surface area contributed by atoms with Gasteiger partial charge in [-0.25, -0.2) is 9.37 Å². The highest BCUT2D eigenvalue weighted by Gasteiger charge is 2.21. The van der Waals surface area contributed by atoms with Gasteiger partial charge in [0.2, 0.25) is 0 Å². The van der Waals surface area contributed by atoms with E-state index in [0.717, 1.165) is 24.2 Å². The van der Waals surface area contributed by atoms with Gasteiger partial charge < -0.3 is 5.73 Å². The number of nitrogens with zero attached hydrogens (tertiary/aromatic N) is 2. The smallest absolute Gasteiger partial charge is 0.131 e. The van der Waals surface area contributed by atoms with Crippen molar-refractivity contribution < 1.29 is 4.39 Å². The zero-order chi connectivity index (χ0) is 13.9. The fourth-order valence-electron chi connectivity index (χ4n) is 2.64.